The van der Waals surface area contributed by atoms with Gasteiger partial charge in [0.1, 0.15) is 5.69 Å². The van der Waals surface area contributed by atoms with Crippen LogP contribution in [-0.4, -0.2) is 14.9 Å². The summed E-state index contributed by atoms with van der Waals surface area (Å²) in [5.74, 6) is 0. The van der Waals surface area contributed by atoms with Crippen molar-refractivity contribution in [2.75, 3.05) is 0 Å². The standard InChI is InChI=1S/C9H14N2O2/c1-3-4-11-7(2)5-9(13)8(6-12)10-11/h5,12H,3-4,6H2,1-2H3. The van der Waals surface area contributed by atoms with Gasteiger partial charge in [-0.05, 0) is 13.3 Å². The number of nitrogens with zero attached hydrogens (tertiary/aromatic N) is 2. The van der Waals surface area contributed by atoms with E-state index in [1.807, 2.05) is 13.8 Å². The van der Waals surface area contributed by atoms with Crippen molar-refractivity contribution in [3.8, 4) is 0 Å². The summed E-state index contributed by atoms with van der Waals surface area (Å²) in [6, 6.07) is 1.51. The van der Waals surface area contributed by atoms with Gasteiger partial charge in [-0.15, -0.1) is 0 Å². The van der Waals surface area contributed by atoms with Crippen molar-refractivity contribution in [2.45, 2.75) is 33.4 Å². The molecule has 4 heteroatoms. The maximum Gasteiger partial charge on any atom is 0.206 e. The van der Waals surface area contributed by atoms with Gasteiger partial charge in [-0.2, -0.15) is 5.10 Å². The Bertz CT molecular complexity index is 344. The average Bonchev–Trinajstić information content (AvgIpc) is 2.10. The molecule has 0 bridgehead atoms. The molecule has 0 aliphatic rings. The third kappa shape index (κ3) is 2.15. The summed E-state index contributed by atoms with van der Waals surface area (Å²) in [7, 11) is 0. The van der Waals surface area contributed by atoms with Crippen molar-refractivity contribution >= 4 is 0 Å². The zero-order valence-electron chi connectivity index (χ0n) is 7.95. The van der Waals surface area contributed by atoms with Gasteiger partial charge < -0.3 is 5.11 Å². The number of aromatic nitrogens is 2. The molecule has 1 aromatic rings. The average molecular weight is 182 g/mol. The van der Waals surface area contributed by atoms with Crippen LogP contribution in [0.4, 0.5) is 0 Å². The summed E-state index contributed by atoms with van der Waals surface area (Å²) in [6.45, 7) is 4.37. The van der Waals surface area contributed by atoms with Gasteiger partial charge >= 0.3 is 0 Å². The second-order valence-electron chi connectivity index (χ2n) is 2.98. The molecule has 13 heavy (non-hydrogen) atoms. The fraction of sp³-hybridized carbons (Fsp3) is 0.556. The highest BCUT2D eigenvalue weighted by Crippen LogP contribution is 1.96. The maximum absolute atomic E-state index is 11.2. The van der Waals surface area contributed by atoms with Gasteiger partial charge in [0.05, 0.1) is 6.61 Å². The minimum atomic E-state index is -0.289. The molecule has 0 aliphatic carbocycles. The number of rotatable bonds is 3. The first-order valence-corrected chi connectivity index (χ1v) is 4.37. The van der Waals surface area contributed by atoms with E-state index < -0.39 is 0 Å². The summed E-state index contributed by atoms with van der Waals surface area (Å²) in [6.07, 6.45) is 0.960. The molecule has 0 atom stereocenters. The van der Waals surface area contributed by atoms with Gasteiger partial charge in [0, 0.05) is 18.3 Å². The predicted octanol–water partition coefficient (Wildman–Crippen LogP) is 0.454. The number of aryl methyl sites for hydroxylation is 2. The Labute approximate surface area is 76.8 Å². The molecule has 1 rings (SSSR count). The van der Waals surface area contributed by atoms with Crippen LogP contribution in [0.2, 0.25) is 0 Å². The van der Waals surface area contributed by atoms with E-state index in [4.69, 9.17) is 5.11 Å². The Morgan fingerprint density at radius 2 is 2.31 bits per heavy atom. The van der Waals surface area contributed by atoms with Crippen molar-refractivity contribution in [3.63, 3.8) is 0 Å². The molecule has 0 saturated carbocycles. The quantitative estimate of drug-likeness (QED) is 0.738. The summed E-state index contributed by atoms with van der Waals surface area (Å²) in [5, 5.41) is 12.9. The molecule has 0 amide bonds. The summed E-state index contributed by atoms with van der Waals surface area (Å²) >= 11 is 0. The minimum Gasteiger partial charge on any atom is -0.390 e. The minimum absolute atomic E-state index is 0.188. The Kier molecular flexibility index (Phi) is 3.19. The molecule has 4 nitrogen and oxygen atoms in total. The van der Waals surface area contributed by atoms with Gasteiger partial charge in [0.15, 0.2) is 0 Å². The van der Waals surface area contributed by atoms with Crippen LogP contribution in [0.15, 0.2) is 10.9 Å². The largest absolute Gasteiger partial charge is 0.390 e. The molecule has 0 fully saturated rings. The van der Waals surface area contributed by atoms with Crippen molar-refractivity contribution in [2.24, 2.45) is 0 Å². The highest BCUT2D eigenvalue weighted by Gasteiger charge is 2.03. The van der Waals surface area contributed by atoms with Gasteiger partial charge in [0.2, 0.25) is 5.43 Å². The van der Waals surface area contributed by atoms with Crippen LogP contribution in [0.1, 0.15) is 24.7 Å². The van der Waals surface area contributed by atoms with Crippen LogP contribution in [0.5, 0.6) is 0 Å². The predicted molar refractivity (Wildman–Crippen MR) is 49.4 cm³/mol. The molecule has 1 N–H and O–H groups in total. The molecular weight excluding hydrogens is 168 g/mol. The topological polar surface area (TPSA) is 55.1 Å². The van der Waals surface area contributed by atoms with E-state index in [0.717, 1.165) is 18.7 Å². The zero-order valence-corrected chi connectivity index (χ0v) is 7.95. The molecular formula is C9H14N2O2. The summed E-state index contributed by atoms with van der Waals surface area (Å²) in [5.41, 5.74) is 0.871. The summed E-state index contributed by atoms with van der Waals surface area (Å²) in [4.78, 5) is 11.2. The lowest BCUT2D eigenvalue weighted by Crippen LogP contribution is -2.19. The number of aliphatic hydroxyl groups excluding tert-OH is 1. The SMILES string of the molecule is CCCn1nc(CO)c(=O)cc1C. The van der Waals surface area contributed by atoms with Crippen LogP contribution in [-0.2, 0) is 13.2 Å². The fourth-order valence-corrected chi connectivity index (χ4v) is 1.17. The Morgan fingerprint density at radius 1 is 1.62 bits per heavy atom. The molecule has 0 unspecified atom stereocenters. The Morgan fingerprint density at radius 3 is 2.85 bits per heavy atom. The summed E-state index contributed by atoms with van der Waals surface area (Å²) < 4.78 is 1.74. The van der Waals surface area contributed by atoms with Gasteiger partial charge in [-0.1, -0.05) is 6.92 Å². The molecule has 0 radical (unpaired) electrons. The second kappa shape index (κ2) is 4.18. The van der Waals surface area contributed by atoms with E-state index in [9.17, 15) is 4.79 Å². The van der Waals surface area contributed by atoms with Crippen LogP contribution in [0.25, 0.3) is 0 Å². The van der Waals surface area contributed by atoms with Crippen LogP contribution < -0.4 is 5.43 Å². The highest BCUT2D eigenvalue weighted by molar-refractivity contribution is 5.06. The zero-order chi connectivity index (χ0) is 9.84. The highest BCUT2D eigenvalue weighted by atomic mass is 16.3. The van der Waals surface area contributed by atoms with Crippen LogP contribution in [0, 0.1) is 6.92 Å². The van der Waals surface area contributed by atoms with Crippen LogP contribution in [0.3, 0.4) is 0 Å². The maximum atomic E-state index is 11.2. The van der Waals surface area contributed by atoms with Gasteiger partial charge in [0.25, 0.3) is 0 Å². The van der Waals surface area contributed by atoms with Crippen molar-refractivity contribution < 1.29 is 5.11 Å². The lowest BCUT2D eigenvalue weighted by Gasteiger charge is -2.08. The van der Waals surface area contributed by atoms with Gasteiger partial charge in [-0.25, -0.2) is 0 Å². The molecule has 1 aromatic heterocycles. The Hall–Kier alpha value is -1.16. The van der Waals surface area contributed by atoms with Gasteiger partial charge in [-0.3, -0.25) is 9.48 Å². The lowest BCUT2D eigenvalue weighted by molar-refractivity contribution is 0.271. The smallest absolute Gasteiger partial charge is 0.206 e. The number of aliphatic hydroxyl groups is 1. The van der Waals surface area contributed by atoms with E-state index in [0.29, 0.717) is 0 Å². The van der Waals surface area contributed by atoms with Crippen molar-refractivity contribution in [1.82, 2.24) is 9.78 Å². The molecule has 0 aromatic carbocycles. The third-order valence-corrected chi connectivity index (χ3v) is 1.86. The first-order valence-electron chi connectivity index (χ1n) is 4.37. The third-order valence-electron chi connectivity index (χ3n) is 1.86. The number of hydrogen-bond acceptors (Lipinski definition) is 3. The lowest BCUT2D eigenvalue weighted by atomic mass is 10.3. The van der Waals surface area contributed by atoms with Crippen molar-refractivity contribution in [3.05, 3.63) is 27.7 Å². The molecule has 1 heterocycles. The number of hydrogen-bond donors (Lipinski definition) is 1. The normalized spacial score (nSPS) is 10.4. The first-order chi connectivity index (χ1) is 6.19. The van der Waals surface area contributed by atoms with E-state index in [-0.39, 0.29) is 17.7 Å². The monoisotopic (exact) mass is 182 g/mol. The molecule has 72 valence electrons. The van der Waals surface area contributed by atoms with Crippen LogP contribution >= 0.6 is 0 Å². The van der Waals surface area contributed by atoms with Crippen molar-refractivity contribution in [1.29, 1.82) is 0 Å². The van der Waals surface area contributed by atoms with E-state index in [2.05, 4.69) is 5.10 Å². The molecule has 0 saturated heterocycles. The molecule has 0 aliphatic heterocycles. The molecule has 0 spiro atoms. The van der Waals surface area contributed by atoms with E-state index in [1.165, 1.54) is 6.07 Å². The Balaban J connectivity index is 3.14. The fourth-order valence-electron chi connectivity index (χ4n) is 1.17. The van der Waals surface area contributed by atoms with E-state index >= 15 is 0 Å². The first kappa shape index (κ1) is 9.92. The second-order valence-corrected chi connectivity index (χ2v) is 2.98. The van der Waals surface area contributed by atoms with E-state index in [1.54, 1.807) is 4.68 Å².